The highest BCUT2D eigenvalue weighted by Crippen LogP contribution is 2.21. The zero-order chi connectivity index (χ0) is 14.0. The molecule has 2 rings (SSSR count). The van der Waals surface area contributed by atoms with E-state index in [4.69, 9.17) is 5.73 Å². The lowest BCUT2D eigenvalue weighted by molar-refractivity contribution is 0.0786. The van der Waals surface area contributed by atoms with E-state index in [-0.39, 0.29) is 11.9 Å². The van der Waals surface area contributed by atoms with Gasteiger partial charge in [-0.15, -0.1) is 0 Å². The van der Waals surface area contributed by atoms with Crippen LogP contribution in [0.3, 0.4) is 0 Å². The van der Waals surface area contributed by atoms with Crippen molar-refractivity contribution < 1.29 is 4.79 Å². The second-order valence-corrected chi connectivity index (χ2v) is 5.94. The standard InChI is InChI=1S/C16H24N2O/c1-11(2)13-4-6-14(7-5-13)16(19)18-9-8-15(10-18)12(3)17/h4-7,11-12,15H,8-10,17H2,1-3H3. The fraction of sp³-hybridized carbons (Fsp3) is 0.562. The summed E-state index contributed by atoms with van der Waals surface area (Å²) in [7, 11) is 0. The molecule has 0 bridgehead atoms. The van der Waals surface area contributed by atoms with Crippen molar-refractivity contribution in [2.24, 2.45) is 11.7 Å². The fourth-order valence-electron chi connectivity index (χ4n) is 2.59. The van der Waals surface area contributed by atoms with Gasteiger partial charge in [-0.1, -0.05) is 26.0 Å². The Kier molecular flexibility index (Phi) is 4.25. The minimum absolute atomic E-state index is 0.137. The molecule has 2 atom stereocenters. The maximum atomic E-state index is 12.4. The summed E-state index contributed by atoms with van der Waals surface area (Å²) < 4.78 is 0. The van der Waals surface area contributed by atoms with Crippen molar-refractivity contribution in [2.75, 3.05) is 13.1 Å². The van der Waals surface area contributed by atoms with Gasteiger partial charge < -0.3 is 10.6 Å². The predicted octanol–water partition coefficient (Wildman–Crippen LogP) is 2.62. The van der Waals surface area contributed by atoms with Crippen molar-refractivity contribution in [3.8, 4) is 0 Å². The lowest BCUT2D eigenvalue weighted by atomic mass is 10.0. The van der Waals surface area contributed by atoms with E-state index >= 15 is 0 Å². The van der Waals surface area contributed by atoms with Gasteiger partial charge in [0.2, 0.25) is 0 Å². The zero-order valence-electron chi connectivity index (χ0n) is 12.1. The zero-order valence-corrected chi connectivity index (χ0v) is 12.1. The second kappa shape index (κ2) is 5.74. The molecule has 1 aromatic carbocycles. The Bertz CT molecular complexity index is 437. The lowest BCUT2D eigenvalue weighted by Crippen LogP contribution is -2.33. The molecule has 1 heterocycles. The number of carbonyl (C=O) groups is 1. The average Bonchev–Trinajstić information content (AvgIpc) is 2.87. The maximum Gasteiger partial charge on any atom is 0.253 e. The third-order valence-electron chi connectivity index (χ3n) is 4.08. The largest absolute Gasteiger partial charge is 0.338 e. The number of carbonyl (C=O) groups excluding carboxylic acids is 1. The SMILES string of the molecule is CC(C)c1ccc(C(=O)N2CCC(C(C)N)C2)cc1. The summed E-state index contributed by atoms with van der Waals surface area (Å²) in [5.41, 5.74) is 7.97. The van der Waals surface area contributed by atoms with E-state index in [1.807, 2.05) is 24.0 Å². The summed E-state index contributed by atoms with van der Waals surface area (Å²) in [6.45, 7) is 7.96. The van der Waals surface area contributed by atoms with Crippen molar-refractivity contribution in [2.45, 2.75) is 39.2 Å². The van der Waals surface area contributed by atoms with Crippen molar-refractivity contribution in [3.63, 3.8) is 0 Å². The highest BCUT2D eigenvalue weighted by molar-refractivity contribution is 5.94. The normalized spacial score (nSPS) is 20.9. The van der Waals surface area contributed by atoms with Crippen LogP contribution in [0, 0.1) is 5.92 Å². The minimum Gasteiger partial charge on any atom is -0.338 e. The number of benzene rings is 1. The summed E-state index contributed by atoms with van der Waals surface area (Å²) in [5.74, 6) is 1.08. The predicted molar refractivity (Wildman–Crippen MR) is 78.2 cm³/mol. The van der Waals surface area contributed by atoms with E-state index in [1.54, 1.807) is 0 Å². The van der Waals surface area contributed by atoms with Crippen molar-refractivity contribution in [1.29, 1.82) is 0 Å². The van der Waals surface area contributed by atoms with Crippen LogP contribution in [0.25, 0.3) is 0 Å². The van der Waals surface area contributed by atoms with Crippen LogP contribution in [-0.4, -0.2) is 29.9 Å². The molecule has 0 radical (unpaired) electrons. The molecule has 3 nitrogen and oxygen atoms in total. The molecule has 104 valence electrons. The van der Waals surface area contributed by atoms with Crippen LogP contribution in [0.4, 0.5) is 0 Å². The molecule has 1 aliphatic heterocycles. The monoisotopic (exact) mass is 260 g/mol. The molecule has 19 heavy (non-hydrogen) atoms. The Morgan fingerprint density at radius 3 is 2.37 bits per heavy atom. The molecule has 0 spiro atoms. The van der Waals surface area contributed by atoms with Crippen LogP contribution >= 0.6 is 0 Å². The number of amides is 1. The Morgan fingerprint density at radius 2 is 1.89 bits per heavy atom. The molecule has 1 aromatic rings. The molecular weight excluding hydrogens is 236 g/mol. The smallest absolute Gasteiger partial charge is 0.253 e. The molecule has 1 saturated heterocycles. The molecular formula is C16H24N2O. The molecule has 0 saturated carbocycles. The summed E-state index contributed by atoms with van der Waals surface area (Å²) in [6.07, 6.45) is 1.02. The lowest BCUT2D eigenvalue weighted by Gasteiger charge is -2.18. The van der Waals surface area contributed by atoms with Gasteiger partial charge in [-0.2, -0.15) is 0 Å². The molecule has 0 aliphatic carbocycles. The number of likely N-dealkylation sites (tertiary alicyclic amines) is 1. The van der Waals surface area contributed by atoms with Crippen molar-refractivity contribution in [3.05, 3.63) is 35.4 Å². The quantitative estimate of drug-likeness (QED) is 0.908. The number of hydrogen-bond donors (Lipinski definition) is 1. The molecule has 1 fully saturated rings. The number of nitrogens with zero attached hydrogens (tertiary/aromatic N) is 1. The molecule has 1 amide bonds. The van der Waals surface area contributed by atoms with Crippen LogP contribution in [0.5, 0.6) is 0 Å². The maximum absolute atomic E-state index is 12.4. The van der Waals surface area contributed by atoms with E-state index in [0.29, 0.717) is 11.8 Å². The first kappa shape index (κ1) is 14.1. The van der Waals surface area contributed by atoms with E-state index < -0.39 is 0 Å². The highest BCUT2D eigenvalue weighted by atomic mass is 16.2. The first-order valence-electron chi connectivity index (χ1n) is 7.14. The van der Waals surface area contributed by atoms with Crippen molar-refractivity contribution in [1.82, 2.24) is 4.90 Å². The van der Waals surface area contributed by atoms with Crippen molar-refractivity contribution >= 4 is 5.91 Å². The Hall–Kier alpha value is -1.35. The minimum atomic E-state index is 0.137. The van der Waals surface area contributed by atoms with Gasteiger partial charge in [0.05, 0.1) is 0 Å². The first-order valence-corrected chi connectivity index (χ1v) is 7.14. The summed E-state index contributed by atoms with van der Waals surface area (Å²) in [4.78, 5) is 14.3. The number of rotatable bonds is 3. The summed E-state index contributed by atoms with van der Waals surface area (Å²) in [5, 5.41) is 0. The van der Waals surface area contributed by atoms with Gasteiger partial charge in [0.25, 0.3) is 5.91 Å². The molecule has 3 heteroatoms. The van der Waals surface area contributed by atoms with Gasteiger partial charge in [-0.05, 0) is 42.9 Å². The van der Waals surface area contributed by atoms with Crippen LogP contribution < -0.4 is 5.73 Å². The van der Waals surface area contributed by atoms with Gasteiger partial charge >= 0.3 is 0 Å². The van der Waals surface area contributed by atoms with Crippen LogP contribution in [-0.2, 0) is 0 Å². The van der Waals surface area contributed by atoms with E-state index in [9.17, 15) is 4.79 Å². The van der Waals surface area contributed by atoms with Gasteiger partial charge in [0.1, 0.15) is 0 Å². The van der Waals surface area contributed by atoms with Crippen LogP contribution in [0.2, 0.25) is 0 Å². The van der Waals surface area contributed by atoms with Gasteiger partial charge in [0.15, 0.2) is 0 Å². The fourth-order valence-corrected chi connectivity index (χ4v) is 2.59. The number of hydrogen-bond acceptors (Lipinski definition) is 2. The Balaban J connectivity index is 2.04. The average molecular weight is 260 g/mol. The molecule has 2 N–H and O–H groups in total. The highest BCUT2D eigenvalue weighted by Gasteiger charge is 2.28. The summed E-state index contributed by atoms with van der Waals surface area (Å²) >= 11 is 0. The van der Waals surface area contributed by atoms with E-state index in [2.05, 4.69) is 26.0 Å². The van der Waals surface area contributed by atoms with Crippen LogP contribution in [0.1, 0.15) is 49.0 Å². The Labute approximate surface area is 115 Å². The topological polar surface area (TPSA) is 46.3 Å². The third kappa shape index (κ3) is 3.16. The Morgan fingerprint density at radius 1 is 1.26 bits per heavy atom. The first-order chi connectivity index (χ1) is 8.99. The molecule has 2 unspecified atom stereocenters. The van der Waals surface area contributed by atoms with E-state index in [0.717, 1.165) is 25.1 Å². The second-order valence-electron chi connectivity index (χ2n) is 5.94. The van der Waals surface area contributed by atoms with E-state index in [1.165, 1.54) is 5.56 Å². The van der Waals surface area contributed by atoms with Gasteiger partial charge in [-0.25, -0.2) is 0 Å². The summed E-state index contributed by atoms with van der Waals surface area (Å²) in [6, 6.07) is 8.16. The molecule has 1 aliphatic rings. The number of nitrogens with two attached hydrogens (primary N) is 1. The third-order valence-corrected chi connectivity index (χ3v) is 4.08. The van der Waals surface area contributed by atoms with Gasteiger partial charge in [0, 0.05) is 24.7 Å². The van der Waals surface area contributed by atoms with Crippen LogP contribution in [0.15, 0.2) is 24.3 Å². The van der Waals surface area contributed by atoms with Gasteiger partial charge in [-0.3, -0.25) is 4.79 Å². The molecule has 0 aromatic heterocycles.